The third kappa shape index (κ3) is 4.35. The number of aromatic nitrogens is 2. The van der Waals surface area contributed by atoms with Gasteiger partial charge in [0.05, 0.1) is 11.8 Å². The number of rotatable bonds is 7. The second-order valence-electron chi connectivity index (χ2n) is 5.68. The van der Waals surface area contributed by atoms with Gasteiger partial charge in [0.25, 0.3) is 5.91 Å². The fourth-order valence-corrected chi connectivity index (χ4v) is 3.27. The van der Waals surface area contributed by atoms with Crippen LogP contribution in [0.1, 0.15) is 21.9 Å². The highest BCUT2D eigenvalue weighted by Crippen LogP contribution is 2.22. The summed E-state index contributed by atoms with van der Waals surface area (Å²) in [6.07, 6.45) is 3.62. The van der Waals surface area contributed by atoms with Gasteiger partial charge in [-0.05, 0) is 17.7 Å². The van der Waals surface area contributed by atoms with Crippen LogP contribution in [0.2, 0.25) is 0 Å². The molecule has 0 aliphatic carbocycles. The quantitative estimate of drug-likeness (QED) is 0.473. The zero-order valence-corrected chi connectivity index (χ0v) is 15.1. The van der Waals surface area contributed by atoms with Crippen molar-refractivity contribution in [3.05, 3.63) is 71.9 Å². The third-order valence-corrected chi connectivity index (χ3v) is 4.84. The minimum atomic E-state index is -0.288. The van der Waals surface area contributed by atoms with Gasteiger partial charge in [-0.1, -0.05) is 42.1 Å². The van der Waals surface area contributed by atoms with Gasteiger partial charge in [0.1, 0.15) is 12.3 Å². The normalized spacial score (nSPS) is 10.5. The maximum absolute atomic E-state index is 12.7. The van der Waals surface area contributed by atoms with Crippen LogP contribution < -0.4 is 0 Å². The van der Waals surface area contributed by atoms with Gasteiger partial charge in [0, 0.05) is 26.0 Å². The smallest absolute Gasteiger partial charge is 0.290 e. The number of benzene rings is 1. The number of carbonyl (C=O) groups is 1. The summed E-state index contributed by atoms with van der Waals surface area (Å²) in [6.45, 7) is 0.372. The Morgan fingerprint density at radius 3 is 2.81 bits per heavy atom. The topological polar surface area (TPSA) is 75.1 Å². The predicted octanol–water partition coefficient (Wildman–Crippen LogP) is 3.47. The van der Waals surface area contributed by atoms with E-state index in [1.165, 1.54) is 16.7 Å². The van der Waals surface area contributed by atoms with Crippen LogP contribution in [0.3, 0.4) is 0 Å². The van der Waals surface area contributed by atoms with E-state index in [0.29, 0.717) is 18.1 Å². The van der Waals surface area contributed by atoms with Crippen molar-refractivity contribution in [2.75, 3.05) is 6.54 Å². The number of furan rings is 1. The third-order valence-electron chi connectivity index (χ3n) is 3.76. The van der Waals surface area contributed by atoms with E-state index in [0.717, 1.165) is 10.7 Å². The van der Waals surface area contributed by atoms with Crippen LogP contribution in [-0.4, -0.2) is 26.9 Å². The van der Waals surface area contributed by atoms with Crippen molar-refractivity contribution in [3.8, 4) is 6.07 Å². The van der Waals surface area contributed by atoms with Crippen molar-refractivity contribution in [2.45, 2.75) is 17.5 Å². The van der Waals surface area contributed by atoms with Crippen LogP contribution in [-0.2, 0) is 19.3 Å². The SMILES string of the molecule is Cn1ccnc1SCc1ccc(C(=O)N(CC#N)Cc2ccccc2)o1. The molecule has 26 heavy (non-hydrogen) atoms. The Hall–Kier alpha value is -2.98. The number of nitrogens with zero attached hydrogens (tertiary/aromatic N) is 4. The van der Waals surface area contributed by atoms with Crippen LogP contribution in [0.5, 0.6) is 0 Å². The molecule has 3 rings (SSSR count). The van der Waals surface area contributed by atoms with Crippen LogP contribution in [0.25, 0.3) is 0 Å². The number of amides is 1. The molecule has 1 aromatic carbocycles. The first-order valence-corrected chi connectivity index (χ1v) is 9.05. The summed E-state index contributed by atoms with van der Waals surface area (Å²) in [6, 6.07) is 15.1. The molecule has 0 unspecified atom stereocenters. The summed E-state index contributed by atoms with van der Waals surface area (Å²) < 4.78 is 7.61. The van der Waals surface area contributed by atoms with Gasteiger partial charge in [0.15, 0.2) is 10.9 Å². The highest BCUT2D eigenvalue weighted by molar-refractivity contribution is 7.98. The predicted molar refractivity (Wildman–Crippen MR) is 98.3 cm³/mol. The molecule has 1 amide bonds. The zero-order chi connectivity index (χ0) is 18.4. The maximum Gasteiger partial charge on any atom is 0.290 e. The fraction of sp³-hybridized carbons (Fsp3) is 0.211. The molecule has 3 aromatic rings. The number of hydrogen-bond donors (Lipinski definition) is 0. The van der Waals surface area contributed by atoms with Crippen molar-refractivity contribution in [1.29, 1.82) is 5.26 Å². The maximum atomic E-state index is 12.7. The second-order valence-corrected chi connectivity index (χ2v) is 6.62. The average Bonchev–Trinajstić information content (AvgIpc) is 3.29. The molecule has 2 heterocycles. The van der Waals surface area contributed by atoms with Gasteiger partial charge >= 0.3 is 0 Å². The molecule has 0 aliphatic rings. The Morgan fingerprint density at radius 2 is 2.12 bits per heavy atom. The van der Waals surface area contributed by atoms with E-state index < -0.39 is 0 Å². The van der Waals surface area contributed by atoms with Crippen molar-refractivity contribution in [3.63, 3.8) is 0 Å². The Bertz CT molecular complexity index is 911. The van der Waals surface area contributed by atoms with Gasteiger partial charge in [-0.3, -0.25) is 4.79 Å². The lowest BCUT2D eigenvalue weighted by atomic mass is 10.2. The summed E-state index contributed by atoms with van der Waals surface area (Å²) in [4.78, 5) is 18.4. The number of thioether (sulfide) groups is 1. The molecule has 6 nitrogen and oxygen atoms in total. The summed E-state index contributed by atoms with van der Waals surface area (Å²) >= 11 is 1.53. The van der Waals surface area contributed by atoms with Gasteiger partial charge in [-0.2, -0.15) is 5.26 Å². The molecule has 0 saturated heterocycles. The summed E-state index contributed by atoms with van der Waals surface area (Å²) in [7, 11) is 1.93. The fourth-order valence-electron chi connectivity index (χ4n) is 2.44. The van der Waals surface area contributed by atoms with Gasteiger partial charge in [-0.15, -0.1) is 0 Å². The molecule has 7 heteroatoms. The Kier molecular flexibility index (Phi) is 5.77. The first kappa shape index (κ1) is 17.8. The van der Waals surface area contributed by atoms with E-state index in [1.54, 1.807) is 18.3 Å². The molecule has 0 spiro atoms. The highest BCUT2D eigenvalue weighted by Gasteiger charge is 2.19. The molecule has 0 N–H and O–H groups in total. The highest BCUT2D eigenvalue weighted by atomic mass is 32.2. The second kappa shape index (κ2) is 8.41. The van der Waals surface area contributed by atoms with Crippen LogP contribution in [0.4, 0.5) is 0 Å². The molecule has 0 atom stereocenters. The lowest BCUT2D eigenvalue weighted by Crippen LogP contribution is -2.30. The summed E-state index contributed by atoms with van der Waals surface area (Å²) in [5, 5.41) is 9.92. The van der Waals surface area contributed by atoms with Crippen molar-refractivity contribution in [1.82, 2.24) is 14.5 Å². The Morgan fingerprint density at radius 1 is 1.31 bits per heavy atom. The zero-order valence-electron chi connectivity index (χ0n) is 14.3. The number of nitriles is 1. The number of imidazole rings is 1. The Balaban J connectivity index is 1.67. The monoisotopic (exact) mass is 366 g/mol. The molecule has 0 fully saturated rings. The number of hydrogen-bond acceptors (Lipinski definition) is 5. The van der Waals surface area contributed by atoms with Crippen molar-refractivity contribution in [2.24, 2.45) is 7.05 Å². The molecular formula is C19H18N4O2S. The van der Waals surface area contributed by atoms with Gasteiger partial charge < -0.3 is 13.9 Å². The number of aryl methyl sites for hydroxylation is 1. The molecule has 132 valence electrons. The van der Waals surface area contributed by atoms with Crippen molar-refractivity contribution >= 4 is 17.7 Å². The average molecular weight is 366 g/mol. The van der Waals surface area contributed by atoms with Gasteiger partial charge in [0.2, 0.25) is 0 Å². The largest absolute Gasteiger partial charge is 0.455 e. The molecule has 0 saturated carbocycles. The van der Waals surface area contributed by atoms with Gasteiger partial charge in [-0.25, -0.2) is 4.98 Å². The lowest BCUT2D eigenvalue weighted by Gasteiger charge is -2.18. The minimum Gasteiger partial charge on any atom is -0.455 e. The summed E-state index contributed by atoms with van der Waals surface area (Å²) in [5.41, 5.74) is 0.966. The standard InChI is InChI=1S/C19H18N4O2S/c1-22-12-10-21-19(22)26-14-16-7-8-17(25-16)18(24)23(11-9-20)13-15-5-3-2-4-6-15/h2-8,10,12H,11,13-14H2,1H3. The van der Waals surface area contributed by atoms with Crippen LogP contribution >= 0.6 is 11.8 Å². The van der Waals surface area contributed by atoms with E-state index in [9.17, 15) is 4.79 Å². The molecule has 0 aliphatic heterocycles. The first-order chi connectivity index (χ1) is 12.7. The lowest BCUT2D eigenvalue weighted by molar-refractivity contribution is 0.0731. The van der Waals surface area contributed by atoms with E-state index in [-0.39, 0.29) is 18.2 Å². The number of carbonyl (C=O) groups excluding carboxylic acids is 1. The minimum absolute atomic E-state index is 0.00574. The van der Waals surface area contributed by atoms with E-state index in [4.69, 9.17) is 9.68 Å². The van der Waals surface area contributed by atoms with Crippen LogP contribution in [0, 0.1) is 11.3 Å². The molecule has 0 bridgehead atoms. The molecule has 2 aromatic heterocycles. The molecular weight excluding hydrogens is 348 g/mol. The van der Waals surface area contributed by atoms with E-state index >= 15 is 0 Å². The van der Waals surface area contributed by atoms with E-state index in [1.807, 2.05) is 54.2 Å². The van der Waals surface area contributed by atoms with Crippen molar-refractivity contribution < 1.29 is 9.21 Å². The molecule has 0 radical (unpaired) electrons. The first-order valence-electron chi connectivity index (χ1n) is 8.06. The van der Waals surface area contributed by atoms with Crippen LogP contribution in [0.15, 0.2) is 64.4 Å². The summed E-state index contributed by atoms with van der Waals surface area (Å²) in [5.74, 6) is 1.22. The Labute approximate surface area is 156 Å². The van der Waals surface area contributed by atoms with E-state index in [2.05, 4.69) is 4.98 Å².